The van der Waals surface area contributed by atoms with E-state index in [2.05, 4.69) is 44.8 Å². The SMILES string of the molecule is CCOCCCNC(=NC)NCc1ccc(CN2CCCC2)cc1.I. The second kappa shape index (κ2) is 13.4. The number of hydrogen-bond acceptors (Lipinski definition) is 3. The van der Waals surface area contributed by atoms with Gasteiger partial charge in [-0.15, -0.1) is 24.0 Å². The predicted molar refractivity (Wildman–Crippen MR) is 116 cm³/mol. The highest BCUT2D eigenvalue weighted by atomic mass is 127. The second-order valence-corrected chi connectivity index (χ2v) is 6.20. The number of nitrogens with one attached hydrogen (secondary N) is 2. The van der Waals surface area contributed by atoms with Gasteiger partial charge in [-0.25, -0.2) is 0 Å². The number of rotatable bonds is 9. The van der Waals surface area contributed by atoms with Crippen molar-refractivity contribution in [3.63, 3.8) is 0 Å². The molecule has 0 saturated carbocycles. The minimum Gasteiger partial charge on any atom is -0.382 e. The van der Waals surface area contributed by atoms with Gasteiger partial charge in [0, 0.05) is 39.9 Å². The van der Waals surface area contributed by atoms with Crippen molar-refractivity contribution in [1.82, 2.24) is 15.5 Å². The Balaban J connectivity index is 0.00000312. The van der Waals surface area contributed by atoms with Crippen LogP contribution in [0.25, 0.3) is 0 Å². The van der Waals surface area contributed by atoms with Crippen molar-refractivity contribution in [2.24, 2.45) is 4.99 Å². The van der Waals surface area contributed by atoms with E-state index in [0.717, 1.165) is 45.2 Å². The van der Waals surface area contributed by atoms with Crippen LogP contribution in [-0.2, 0) is 17.8 Å². The Hall–Kier alpha value is -0.860. The largest absolute Gasteiger partial charge is 0.382 e. The van der Waals surface area contributed by atoms with E-state index in [1.165, 1.54) is 37.1 Å². The molecule has 142 valence electrons. The summed E-state index contributed by atoms with van der Waals surface area (Å²) >= 11 is 0. The normalized spacial score (nSPS) is 15.0. The molecule has 5 nitrogen and oxygen atoms in total. The lowest BCUT2D eigenvalue weighted by Gasteiger charge is -2.15. The average molecular weight is 460 g/mol. The molecule has 0 aliphatic carbocycles. The number of benzene rings is 1. The number of hydrogen-bond donors (Lipinski definition) is 2. The lowest BCUT2D eigenvalue weighted by molar-refractivity contribution is 0.145. The quantitative estimate of drug-likeness (QED) is 0.258. The van der Waals surface area contributed by atoms with Crippen LogP contribution in [0.3, 0.4) is 0 Å². The molecule has 0 bridgehead atoms. The van der Waals surface area contributed by atoms with Crippen LogP contribution in [0.1, 0.15) is 37.3 Å². The van der Waals surface area contributed by atoms with Crippen molar-refractivity contribution in [2.45, 2.75) is 39.3 Å². The molecule has 0 aromatic heterocycles. The monoisotopic (exact) mass is 460 g/mol. The summed E-state index contributed by atoms with van der Waals surface area (Å²) in [5.74, 6) is 0.840. The molecule has 1 heterocycles. The lowest BCUT2D eigenvalue weighted by atomic mass is 10.1. The number of nitrogens with zero attached hydrogens (tertiary/aromatic N) is 2. The molecule has 2 rings (SSSR count). The third-order valence-corrected chi connectivity index (χ3v) is 4.27. The molecule has 0 unspecified atom stereocenters. The van der Waals surface area contributed by atoms with Gasteiger partial charge in [0.25, 0.3) is 0 Å². The summed E-state index contributed by atoms with van der Waals surface area (Å²) in [5.41, 5.74) is 2.68. The van der Waals surface area contributed by atoms with Gasteiger partial charge in [-0.1, -0.05) is 24.3 Å². The summed E-state index contributed by atoms with van der Waals surface area (Å²) in [6.07, 6.45) is 3.68. The van der Waals surface area contributed by atoms with Crippen LogP contribution in [0.4, 0.5) is 0 Å². The minimum absolute atomic E-state index is 0. The van der Waals surface area contributed by atoms with E-state index in [1.807, 2.05) is 6.92 Å². The molecular weight excluding hydrogens is 427 g/mol. The fraction of sp³-hybridized carbons (Fsp3) is 0.632. The Morgan fingerprint density at radius 2 is 1.80 bits per heavy atom. The van der Waals surface area contributed by atoms with Gasteiger partial charge in [0.05, 0.1) is 0 Å². The van der Waals surface area contributed by atoms with Crippen molar-refractivity contribution in [1.29, 1.82) is 0 Å². The summed E-state index contributed by atoms with van der Waals surface area (Å²) in [5, 5.41) is 6.67. The highest BCUT2D eigenvalue weighted by Gasteiger charge is 2.11. The Morgan fingerprint density at radius 3 is 2.44 bits per heavy atom. The van der Waals surface area contributed by atoms with Crippen LogP contribution in [-0.4, -0.2) is 50.8 Å². The first-order valence-electron chi connectivity index (χ1n) is 9.14. The Labute approximate surface area is 169 Å². The predicted octanol–water partition coefficient (Wildman–Crippen LogP) is 2.99. The minimum atomic E-state index is 0. The number of ether oxygens (including phenoxy) is 1. The Kier molecular flexibility index (Phi) is 11.9. The summed E-state index contributed by atoms with van der Waals surface area (Å²) in [7, 11) is 1.80. The molecule has 0 radical (unpaired) electrons. The summed E-state index contributed by atoms with van der Waals surface area (Å²) in [6, 6.07) is 8.91. The van der Waals surface area contributed by atoms with Gasteiger partial charge >= 0.3 is 0 Å². The molecule has 2 N–H and O–H groups in total. The maximum absolute atomic E-state index is 5.33. The zero-order valence-electron chi connectivity index (χ0n) is 15.6. The van der Waals surface area contributed by atoms with E-state index >= 15 is 0 Å². The van der Waals surface area contributed by atoms with E-state index < -0.39 is 0 Å². The number of halogens is 1. The van der Waals surface area contributed by atoms with Gasteiger partial charge in [0.15, 0.2) is 5.96 Å². The van der Waals surface area contributed by atoms with Crippen LogP contribution < -0.4 is 10.6 Å². The van der Waals surface area contributed by atoms with Gasteiger partial charge < -0.3 is 15.4 Å². The molecule has 1 aromatic rings. The van der Waals surface area contributed by atoms with Crippen molar-refractivity contribution in [3.8, 4) is 0 Å². The smallest absolute Gasteiger partial charge is 0.191 e. The van der Waals surface area contributed by atoms with E-state index in [4.69, 9.17) is 4.74 Å². The summed E-state index contributed by atoms with van der Waals surface area (Å²) < 4.78 is 5.33. The van der Waals surface area contributed by atoms with Gasteiger partial charge in [0.2, 0.25) is 0 Å². The molecular formula is C19H33IN4O. The molecule has 1 fully saturated rings. The van der Waals surface area contributed by atoms with Gasteiger partial charge in [0.1, 0.15) is 0 Å². The number of likely N-dealkylation sites (tertiary alicyclic amines) is 1. The molecule has 0 atom stereocenters. The summed E-state index contributed by atoms with van der Waals surface area (Å²) in [4.78, 5) is 6.78. The van der Waals surface area contributed by atoms with Crippen molar-refractivity contribution < 1.29 is 4.74 Å². The molecule has 1 aliphatic heterocycles. The highest BCUT2D eigenvalue weighted by Crippen LogP contribution is 2.13. The maximum Gasteiger partial charge on any atom is 0.191 e. The third-order valence-electron chi connectivity index (χ3n) is 4.27. The Bertz CT molecular complexity index is 487. The van der Waals surface area contributed by atoms with E-state index in [-0.39, 0.29) is 24.0 Å². The zero-order valence-corrected chi connectivity index (χ0v) is 17.9. The van der Waals surface area contributed by atoms with Crippen LogP contribution in [0.5, 0.6) is 0 Å². The van der Waals surface area contributed by atoms with Crippen LogP contribution >= 0.6 is 24.0 Å². The van der Waals surface area contributed by atoms with Crippen molar-refractivity contribution >= 4 is 29.9 Å². The lowest BCUT2D eigenvalue weighted by Crippen LogP contribution is -2.37. The molecule has 0 amide bonds. The van der Waals surface area contributed by atoms with Crippen LogP contribution in [0.15, 0.2) is 29.3 Å². The van der Waals surface area contributed by atoms with Crippen molar-refractivity contribution in [2.75, 3.05) is 39.9 Å². The molecule has 1 aliphatic rings. The Morgan fingerprint density at radius 1 is 1.12 bits per heavy atom. The first-order valence-corrected chi connectivity index (χ1v) is 9.14. The van der Waals surface area contributed by atoms with Crippen LogP contribution in [0.2, 0.25) is 0 Å². The number of guanidine groups is 1. The van der Waals surface area contributed by atoms with Gasteiger partial charge in [-0.2, -0.15) is 0 Å². The van der Waals surface area contributed by atoms with Gasteiger partial charge in [-0.05, 0) is 50.4 Å². The first kappa shape index (κ1) is 22.2. The third kappa shape index (κ3) is 8.87. The van der Waals surface area contributed by atoms with E-state index in [1.54, 1.807) is 7.05 Å². The number of aliphatic imine (C=N–C) groups is 1. The topological polar surface area (TPSA) is 48.9 Å². The molecule has 1 saturated heterocycles. The zero-order chi connectivity index (χ0) is 17.0. The molecule has 6 heteroatoms. The average Bonchev–Trinajstić information content (AvgIpc) is 3.12. The van der Waals surface area contributed by atoms with Crippen LogP contribution in [0, 0.1) is 0 Å². The van der Waals surface area contributed by atoms with E-state index in [0.29, 0.717) is 0 Å². The fourth-order valence-corrected chi connectivity index (χ4v) is 2.89. The maximum atomic E-state index is 5.33. The van der Waals surface area contributed by atoms with E-state index in [9.17, 15) is 0 Å². The first-order chi connectivity index (χ1) is 11.8. The fourth-order valence-electron chi connectivity index (χ4n) is 2.89. The molecule has 1 aromatic carbocycles. The highest BCUT2D eigenvalue weighted by molar-refractivity contribution is 14.0. The second-order valence-electron chi connectivity index (χ2n) is 6.20. The standard InChI is InChI=1S/C19H32N4O.HI/c1-3-24-14-6-11-21-19(20-2)22-15-17-7-9-18(10-8-17)16-23-12-4-5-13-23;/h7-10H,3-6,11-16H2,1-2H3,(H2,20,21,22);1H. The van der Waals surface area contributed by atoms with Gasteiger partial charge in [-0.3, -0.25) is 9.89 Å². The summed E-state index contributed by atoms with van der Waals surface area (Å²) in [6.45, 7) is 8.81. The molecule has 0 spiro atoms. The molecule has 25 heavy (non-hydrogen) atoms. The van der Waals surface area contributed by atoms with Crippen molar-refractivity contribution in [3.05, 3.63) is 35.4 Å².